The van der Waals surface area contributed by atoms with Crippen molar-refractivity contribution in [3.63, 3.8) is 0 Å². The molecule has 5 aromatic rings. The number of amides is 5. The van der Waals surface area contributed by atoms with E-state index < -0.39 is 40.6 Å². The Hall–Kier alpha value is -7.26. The Balaban J connectivity index is 0.809. The standard InChI is InChI=1S/C54H60F2N10O6/c1-4-72-41-27-42(50-39(28-57)30-59-66(50)32-41)37-10-14-47(58-29-37)63-23-18-54(19-24-63,61-51(69)44-26-40(55)11-12-45(44)56)33-65(34(2)3)49(68)7-5-6-20-62-21-16-35(17-22-62)36-8-9-38-31-64(53(71)43(38)25-36)46-13-15-48(67)60-52(46)70/h8-12,14,25-27,29-30,32,34-35,46H,4-7,13,15-24,31,33H2,1-3H3,(H,61,69)(H,60,67,70). The summed E-state index contributed by atoms with van der Waals surface area (Å²) in [4.78, 5) is 78.3. The lowest BCUT2D eigenvalue weighted by molar-refractivity contribution is -0.137. The first kappa shape index (κ1) is 49.7. The Morgan fingerprint density at radius 3 is 2.47 bits per heavy atom. The van der Waals surface area contributed by atoms with Crippen LogP contribution in [0.2, 0.25) is 0 Å². The van der Waals surface area contributed by atoms with Gasteiger partial charge in [-0.15, -0.1) is 0 Å². The second kappa shape index (κ2) is 21.2. The minimum atomic E-state index is -0.962. The molecule has 0 aliphatic carbocycles. The normalized spacial score (nSPS) is 18.3. The number of benzene rings is 2. The first-order valence-corrected chi connectivity index (χ1v) is 25.1. The maximum atomic E-state index is 15.0. The van der Waals surface area contributed by atoms with E-state index in [0.29, 0.717) is 92.5 Å². The van der Waals surface area contributed by atoms with Crippen LogP contribution in [0.25, 0.3) is 16.6 Å². The van der Waals surface area contributed by atoms with Gasteiger partial charge in [-0.2, -0.15) is 10.4 Å². The average molecular weight is 983 g/mol. The van der Waals surface area contributed by atoms with Gasteiger partial charge in [0, 0.05) is 67.9 Å². The van der Waals surface area contributed by atoms with Crippen molar-refractivity contribution in [3.05, 3.63) is 113 Å². The molecule has 1 unspecified atom stereocenters. The lowest BCUT2D eigenvalue weighted by Crippen LogP contribution is -2.62. The monoisotopic (exact) mass is 982 g/mol. The molecule has 0 spiro atoms. The van der Waals surface area contributed by atoms with Gasteiger partial charge in [0.25, 0.3) is 11.8 Å². The van der Waals surface area contributed by atoms with Crippen LogP contribution >= 0.6 is 0 Å². The third kappa shape index (κ3) is 10.5. The van der Waals surface area contributed by atoms with E-state index in [9.17, 15) is 33.6 Å². The number of hydrogen-bond donors (Lipinski definition) is 2. The Kier molecular flexibility index (Phi) is 14.7. The Morgan fingerprint density at radius 1 is 0.972 bits per heavy atom. The number of nitrogens with one attached hydrogen (secondary N) is 2. The quantitative estimate of drug-likeness (QED) is 0.0787. The Bertz CT molecular complexity index is 2920. The molecule has 5 amide bonds. The number of likely N-dealkylation sites (tertiary alicyclic amines) is 1. The molecular weight excluding hydrogens is 923 g/mol. The van der Waals surface area contributed by atoms with E-state index in [1.807, 2.05) is 51.1 Å². The van der Waals surface area contributed by atoms with Crippen LogP contribution in [0.1, 0.15) is 122 Å². The number of carbonyl (C=O) groups excluding carboxylic acids is 5. The molecule has 7 heterocycles. The molecular formula is C54H60F2N10O6. The molecule has 9 rings (SSSR count). The number of unbranched alkanes of at least 4 members (excludes halogenated alkanes) is 1. The van der Waals surface area contributed by atoms with Crippen LogP contribution in [0.15, 0.2) is 73.2 Å². The molecule has 376 valence electrons. The fraction of sp³-hybridized carbons (Fsp3) is 0.444. The summed E-state index contributed by atoms with van der Waals surface area (Å²) in [6.45, 7) is 10.3. The molecule has 72 heavy (non-hydrogen) atoms. The van der Waals surface area contributed by atoms with Gasteiger partial charge in [0.1, 0.15) is 35.3 Å². The number of aromatic nitrogens is 3. The van der Waals surface area contributed by atoms with Crippen LogP contribution in [-0.2, 0) is 20.9 Å². The van der Waals surface area contributed by atoms with Crippen LogP contribution in [-0.4, -0.2) is 122 Å². The number of imide groups is 1. The van der Waals surface area contributed by atoms with Crippen molar-refractivity contribution in [1.29, 1.82) is 5.26 Å². The summed E-state index contributed by atoms with van der Waals surface area (Å²) in [7, 11) is 0. The number of piperidine rings is 3. The smallest absolute Gasteiger partial charge is 0.255 e. The van der Waals surface area contributed by atoms with Crippen molar-refractivity contribution in [2.45, 2.75) is 109 Å². The number of ether oxygens (including phenoxy) is 1. The molecule has 16 nitrogen and oxygen atoms in total. The van der Waals surface area contributed by atoms with E-state index in [0.717, 1.165) is 79.3 Å². The van der Waals surface area contributed by atoms with Crippen molar-refractivity contribution in [3.8, 4) is 22.9 Å². The number of nitrogens with zero attached hydrogens (tertiary/aromatic N) is 8. The lowest BCUT2D eigenvalue weighted by atomic mass is 9.85. The van der Waals surface area contributed by atoms with Gasteiger partial charge in [-0.25, -0.2) is 18.3 Å². The highest BCUT2D eigenvalue weighted by Gasteiger charge is 2.42. The number of pyridine rings is 2. The summed E-state index contributed by atoms with van der Waals surface area (Å²) in [5.41, 5.74) is 3.86. The number of anilines is 1. The van der Waals surface area contributed by atoms with Crippen molar-refractivity contribution >= 4 is 40.9 Å². The van der Waals surface area contributed by atoms with E-state index >= 15 is 4.39 Å². The van der Waals surface area contributed by atoms with E-state index in [2.05, 4.69) is 37.7 Å². The molecule has 0 bridgehead atoms. The Morgan fingerprint density at radius 2 is 1.76 bits per heavy atom. The summed E-state index contributed by atoms with van der Waals surface area (Å²) in [6.07, 6.45) is 9.99. The fourth-order valence-electron chi connectivity index (χ4n) is 10.8. The zero-order valence-corrected chi connectivity index (χ0v) is 41.0. The highest BCUT2D eigenvalue weighted by Crippen LogP contribution is 2.36. The van der Waals surface area contributed by atoms with E-state index in [4.69, 9.17) is 9.72 Å². The third-order valence-electron chi connectivity index (χ3n) is 14.8. The van der Waals surface area contributed by atoms with Gasteiger partial charge in [0.15, 0.2) is 0 Å². The molecule has 18 heteroatoms. The first-order valence-electron chi connectivity index (χ1n) is 25.1. The summed E-state index contributed by atoms with van der Waals surface area (Å²) >= 11 is 0. The fourth-order valence-corrected chi connectivity index (χ4v) is 10.8. The van der Waals surface area contributed by atoms with E-state index in [1.165, 1.54) is 6.20 Å². The molecule has 2 N–H and O–H groups in total. The first-order chi connectivity index (χ1) is 34.7. The lowest BCUT2D eigenvalue weighted by Gasteiger charge is -2.46. The summed E-state index contributed by atoms with van der Waals surface area (Å²) in [6, 6.07) is 16.0. The van der Waals surface area contributed by atoms with Crippen LogP contribution in [0.3, 0.4) is 0 Å². The summed E-state index contributed by atoms with van der Waals surface area (Å²) in [5.74, 6) is -1.66. The summed E-state index contributed by atoms with van der Waals surface area (Å²) < 4.78 is 36.8. The van der Waals surface area contributed by atoms with Gasteiger partial charge >= 0.3 is 0 Å². The number of fused-ring (bicyclic) bond motifs is 2. The van der Waals surface area contributed by atoms with Gasteiger partial charge in [0.2, 0.25) is 17.7 Å². The number of rotatable bonds is 16. The molecule has 4 aliphatic rings. The average Bonchev–Trinajstić information content (AvgIpc) is 3.95. The largest absolute Gasteiger partial charge is 0.492 e. The topological polar surface area (TPSA) is 186 Å². The predicted molar refractivity (Wildman–Crippen MR) is 264 cm³/mol. The zero-order valence-electron chi connectivity index (χ0n) is 41.0. The van der Waals surface area contributed by atoms with Crippen molar-refractivity contribution in [2.24, 2.45) is 0 Å². The van der Waals surface area contributed by atoms with Crippen LogP contribution < -0.4 is 20.3 Å². The molecule has 0 radical (unpaired) electrons. The summed E-state index contributed by atoms with van der Waals surface area (Å²) in [5, 5.41) is 19.6. The number of hydrogen-bond acceptors (Lipinski definition) is 11. The van der Waals surface area contributed by atoms with Crippen molar-refractivity contribution in [2.75, 3.05) is 50.8 Å². The second-order valence-electron chi connectivity index (χ2n) is 19.7. The van der Waals surface area contributed by atoms with Crippen LogP contribution in [0.4, 0.5) is 14.6 Å². The Labute approximate surface area is 417 Å². The van der Waals surface area contributed by atoms with E-state index in [1.54, 1.807) is 26.7 Å². The maximum absolute atomic E-state index is 15.0. The zero-order chi connectivity index (χ0) is 50.7. The molecule has 3 fully saturated rings. The number of halogens is 2. The van der Waals surface area contributed by atoms with Gasteiger partial charge in [0.05, 0.1) is 41.2 Å². The molecule has 4 aliphatic heterocycles. The molecule has 3 saturated heterocycles. The molecule has 2 aromatic carbocycles. The van der Waals surface area contributed by atoms with Crippen LogP contribution in [0, 0.1) is 23.0 Å². The van der Waals surface area contributed by atoms with Gasteiger partial charge in [-0.05, 0) is 145 Å². The highest BCUT2D eigenvalue weighted by atomic mass is 19.1. The van der Waals surface area contributed by atoms with Gasteiger partial charge in [-0.3, -0.25) is 29.3 Å². The minimum Gasteiger partial charge on any atom is -0.492 e. The van der Waals surface area contributed by atoms with Gasteiger partial charge in [-0.1, -0.05) is 12.1 Å². The predicted octanol–water partition coefficient (Wildman–Crippen LogP) is 6.76. The highest BCUT2D eigenvalue weighted by molar-refractivity contribution is 6.05. The molecule has 0 saturated carbocycles. The maximum Gasteiger partial charge on any atom is 0.255 e. The number of carbonyl (C=O) groups is 5. The molecule has 3 aromatic heterocycles. The van der Waals surface area contributed by atoms with E-state index in [-0.39, 0.29) is 36.7 Å². The molecule has 1 atom stereocenters. The third-order valence-corrected chi connectivity index (χ3v) is 14.8. The minimum absolute atomic E-state index is 0.0449. The number of nitriles is 1. The van der Waals surface area contributed by atoms with Crippen molar-refractivity contribution in [1.82, 2.24) is 39.9 Å². The SMILES string of the molecule is CCOc1cc(-c2ccc(N3CCC(CN(C(=O)CCCCN4CCC(c5ccc6c(c5)C(=O)N(C5CCC(=O)NC5=O)C6)CC4)C(C)C)(NC(=O)c4cc(F)ccc4F)CC3)nc2)c2c(C#N)cnn2c1. The second-order valence-corrected chi connectivity index (χ2v) is 19.7. The van der Waals surface area contributed by atoms with Crippen molar-refractivity contribution < 1.29 is 37.5 Å². The van der Waals surface area contributed by atoms with Crippen LogP contribution in [0.5, 0.6) is 5.75 Å². The van der Waals surface area contributed by atoms with Gasteiger partial charge < -0.3 is 29.7 Å².